The highest BCUT2D eigenvalue weighted by Crippen LogP contribution is 2.39. The molecule has 0 unspecified atom stereocenters. The van der Waals surface area contributed by atoms with Crippen molar-refractivity contribution in [3.8, 4) is 11.5 Å². The molecule has 0 spiro atoms. The van der Waals surface area contributed by atoms with E-state index in [-0.39, 0.29) is 12.0 Å². The van der Waals surface area contributed by atoms with E-state index in [9.17, 15) is 4.39 Å². The lowest BCUT2D eigenvalue weighted by molar-refractivity contribution is -0.0110. The number of aryl methyl sites for hydroxylation is 1. The van der Waals surface area contributed by atoms with Gasteiger partial charge in [0, 0.05) is 42.3 Å². The van der Waals surface area contributed by atoms with Crippen LogP contribution in [0, 0.1) is 12.7 Å². The summed E-state index contributed by atoms with van der Waals surface area (Å²) < 4.78 is 26.0. The van der Waals surface area contributed by atoms with Crippen molar-refractivity contribution < 1.29 is 13.9 Å². The molecule has 1 heterocycles. The minimum absolute atomic E-state index is 0.124. The zero-order valence-electron chi connectivity index (χ0n) is 19.4. The number of ether oxygens (including phenoxy) is 2. The lowest BCUT2D eigenvalue weighted by Crippen LogP contribution is -2.47. The minimum Gasteiger partial charge on any atom is -0.497 e. The zero-order chi connectivity index (χ0) is 23.4. The van der Waals surface area contributed by atoms with E-state index in [0.717, 1.165) is 43.1 Å². The Morgan fingerprint density at radius 3 is 2.33 bits per heavy atom. The largest absolute Gasteiger partial charge is 0.497 e. The summed E-state index contributed by atoms with van der Waals surface area (Å²) in [7, 11) is 3.34. The van der Waals surface area contributed by atoms with E-state index in [1.54, 1.807) is 26.4 Å². The van der Waals surface area contributed by atoms with Crippen LogP contribution in [0.15, 0.2) is 60.7 Å². The van der Waals surface area contributed by atoms with Crippen molar-refractivity contribution in [1.29, 1.82) is 0 Å². The van der Waals surface area contributed by atoms with Crippen molar-refractivity contribution in [3.63, 3.8) is 0 Å². The van der Waals surface area contributed by atoms with E-state index in [1.165, 1.54) is 17.2 Å². The molecule has 0 aliphatic carbocycles. The second kappa shape index (κ2) is 10.6. The summed E-state index contributed by atoms with van der Waals surface area (Å²) in [6.07, 6.45) is 0.849. The Bertz CT molecular complexity index is 1070. The van der Waals surface area contributed by atoms with Crippen molar-refractivity contribution >= 4 is 11.6 Å². The number of halogens is 2. The number of rotatable bonds is 7. The average Bonchev–Trinajstić information content (AvgIpc) is 2.82. The molecule has 33 heavy (non-hydrogen) atoms. The quantitative estimate of drug-likeness (QED) is 0.411. The molecule has 1 atom stereocenters. The summed E-state index contributed by atoms with van der Waals surface area (Å²) in [6.45, 7) is 5.00. The molecule has 1 aliphatic rings. The summed E-state index contributed by atoms with van der Waals surface area (Å²) in [5.74, 6) is 1.26. The van der Waals surface area contributed by atoms with Crippen LogP contribution in [-0.4, -0.2) is 37.1 Å². The SMILES string of the molecule is COc1ccc(OC)c([C@H]2N(Cc3ccc(C)cc3)CCCN2Cc2c(F)cccc2Cl)c1. The Balaban J connectivity index is 1.75. The maximum Gasteiger partial charge on any atom is 0.129 e. The molecule has 0 bridgehead atoms. The first-order chi connectivity index (χ1) is 16.0. The van der Waals surface area contributed by atoms with Crippen molar-refractivity contribution in [2.45, 2.75) is 32.6 Å². The zero-order valence-corrected chi connectivity index (χ0v) is 20.1. The normalized spacial score (nSPS) is 17.2. The number of nitrogens with zero attached hydrogens (tertiary/aromatic N) is 2. The van der Waals surface area contributed by atoms with Crippen molar-refractivity contribution in [2.75, 3.05) is 27.3 Å². The molecule has 1 aliphatic heterocycles. The molecule has 0 N–H and O–H groups in total. The molecule has 6 heteroatoms. The highest BCUT2D eigenvalue weighted by Gasteiger charge is 2.34. The van der Waals surface area contributed by atoms with Crippen LogP contribution in [-0.2, 0) is 13.1 Å². The Kier molecular flexibility index (Phi) is 7.53. The third-order valence-corrected chi connectivity index (χ3v) is 6.58. The van der Waals surface area contributed by atoms with Gasteiger partial charge in [0.25, 0.3) is 0 Å². The fourth-order valence-corrected chi connectivity index (χ4v) is 4.76. The van der Waals surface area contributed by atoms with E-state index in [0.29, 0.717) is 17.1 Å². The maximum atomic E-state index is 14.7. The summed E-state index contributed by atoms with van der Waals surface area (Å²) in [4.78, 5) is 4.69. The van der Waals surface area contributed by atoms with Crippen LogP contribution in [0.5, 0.6) is 11.5 Å². The Morgan fingerprint density at radius 1 is 0.939 bits per heavy atom. The average molecular weight is 469 g/mol. The van der Waals surface area contributed by atoms with Crippen molar-refractivity contribution in [1.82, 2.24) is 9.80 Å². The van der Waals surface area contributed by atoms with Gasteiger partial charge in [-0.3, -0.25) is 9.80 Å². The first kappa shape index (κ1) is 23.6. The van der Waals surface area contributed by atoms with Gasteiger partial charge in [-0.25, -0.2) is 4.39 Å². The molecule has 0 radical (unpaired) electrons. The highest BCUT2D eigenvalue weighted by atomic mass is 35.5. The Morgan fingerprint density at radius 2 is 1.67 bits per heavy atom. The number of hydrogen-bond acceptors (Lipinski definition) is 4. The fraction of sp³-hybridized carbons (Fsp3) is 0.333. The number of hydrogen-bond donors (Lipinski definition) is 0. The van der Waals surface area contributed by atoms with E-state index in [1.807, 2.05) is 18.2 Å². The second-order valence-electron chi connectivity index (χ2n) is 8.46. The summed E-state index contributed by atoms with van der Waals surface area (Å²) in [6, 6.07) is 19.3. The molecule has 3 aromatic carbocycles. The van der Waals surface area contributed by atoms with Crippen LogP contribution in [0.4, 0.5) is 4.39 Å². The van der Waals surface area contributed by atoms with Gasteiger partial charge in [0.1, 0.15) is 17.3 Å². The monoisotopic (exact) mass is 468 g/mol. The second-order valence-corrected chi connectivity index (χ2v) is 8.87. The van der Waals surface area contributed by atoms with Crippen LogP contribution in [0.3, 0.4) is 0 Å². The Labute approximate surface area is 200 Å². The van der Waals surface area contributed by atoms with Gasteiger partial charge < -0.3 is 9.47 Å². The predicted octanol–water partition coefficient (Wildman–Crippen LogP) is 6.21. The first-order valence-corrected chi connectivity index (χ1v) is 11.6. The van der Waals surface area contributed by atoms with Crippen LogP contribution in [0.25, 0.3) is 0 Å². The van der Waals surface area contributed by atoms with Gasteiger partial charge >= 0.3 is 0 Å². The van der Waals surface area contributed by atoms with E-state index in [2.05, 4.69) is 41.0 Å². The van der Waals surface area contributed by atoms with Gasteiger partial charge in [0.2, 0.25) is 0 Å². The summed E-state index contributed by atoms with van der Waals surface area (Å²) in [5.41, 5.74) is 3.98. The topological polar surface area (TPSA) is 24.9 Å². The highest BCUT2D eigenvalue weighted by molar-refractivity contribution is 6.31. The molecular weight excluding hydrogens is 439 g/mol. The predicted molar refractivity (Wildman–Crippen MR) is 130 cm³/mol. The molecule has 0 saturated carbocycles. The van der Waals surface area contributed by atoms with Gasteiger partial charge in [-0.15, -0.1) is 0 Å². The van der Waals surface area contributed by atoms with Crippen molar-refractivity contribution in [2.24, 2.45) is 0 Å². The maximum absolute atomic E-state index is 14.7. The van der Waals surface area contributed by atoms with E-state index < -0.39 is 0 Å². The number of methoxy groups -OCH3 is 2. The molecule has 4 rings (SSSR count). The van der Waals surface area contributed by atoms with E-state index >= 15 is 0 Å². The standard InChI is InChI=1S/C27H30ClFN2O2/c1-19-8-10-20(11-9-19)17-30-14-5-15-31(18-23-24(28)6-4-7-25(23)29)27(30)22-16-21(32-2)12-13-26(22)33-3/h4,6-13,16,27H,5,14-15,17-18H2,1-3H3/t27-/m0/s1. The van der Waals surface area contributed by atoms with Gasteiger partial charge in [-0.05, 0) is 49.2 Å². The van der Waals surface area contributed by atoms with Crippen LogP contribution < -0.4 is 9.47 Å². The molecular formula is C27H30ClFN2O2. The molecule has 174 valence electrons. The van der Waals surface area contributed by atoms with Crippen molar-refractivity contribution in [3.05, 3.63) is 93.8 Å². The van der Waals surface area contributed by atoms with Gasteiger partial charge in [0.05, 0.1) is 20.4 Å². The first-order valence-electron chi connectivity index (χ1n) is 11.2. The molecule has 0 amide bonds. The molecule has 3 aromatic rings. The molecule has 0 aromatic heterocycles. The third-order valence-electron chi connectivity index (χ3n) is 6.23. The minimum atomic E-state index is -0.283. The fourth-order valence-electron chi connectivity index (χ4n) is 4.53. The van der Waals surface area contributed by atoms with Crippen LogP contribution in [0.1, 0.15) is 34.8 Å². The smallest absolute Gasteiger partial charge is 0.129 e. The van der Waals surface area contributed by atoms with E-state index in [4.69, 9.17) is 21.1 Å². The molecule has 1 saturated heterocycles. The summed E-state index contributed by atoms with van der Waals surface area (Å²) in [5, 5.41) is 0.446. The lowest BCUT2D eigenvalue weighted by atomic mass is 10.0. The molecule has 1 fully saturated rings. The van der Waals surface area contributed by atoms with Gasteiger partial charge in [-0.2, -0.15) is 0 Å². The molecule has 4 nitrogen and oxygen atoms in total. The van der Waals surface area contributed by atoms with Crippen LogP contribution >= 0.6 is 11.6 Å². The van der Waals surface area contributed by atoms with Gasteiger partial charge in [-0.1, -0.05) is 47.5 Å². The lowest BCUT2D eigenvalue weighted by Gasteiger charge is -2.45. The Hall–Kier alpha value is -2.60. The van der Waals surface area contributed by atoms with Gasteiger partial charge in [0.15, 0.2) is 0 Å². The third kappa shape index (κ3) is 5.32. The number of benzene rings is 3. The van der Waals surface area contributed by atoms with Crippen LogP contribution in [0.2, 0.25) is 5.02 Å². The summed E-state index contributed by atoms with van der Waals surface area (Å²) >= 11 is 6.40.